The summed E-state index contributed by atoms with van der Waals surface area (Å²) >= 11 is 0. The topological polar surface area (TPSA) is 119 Å². The average molecular weight is 393 g/mol. The average Bonchev–Trinajstić information content (AvgIpc) is 2.61. The second kappa shape index (κ2) is 8.14. The maximum absolute atomic E-state index is 12.8. The van der Waals surface area contributed by atoms with Gasteiger partial charge in [0.25, 0.3) is 5.69 Å². The summed E-state index contributed by atoms with van der Waals surface area (Å²) in [6.45, 7) is 1.27. The largest absolute Gasteiger partial charge is 0.495 e. The van der Waals surface area contributed by atoms with E-state index in [1.807, 2.05) is 0 Å². The number of nitrogens with one attached hydrogen (secondary N) is 1. The minimum atomic E-state index is -3.97. The molecule has 0 atom stereocenters. The van der Waals surface area contributed by atoms with Gasteiger partial charge in [-0.1, -0.05) is 12.1 Å². The fraction of sp³-hybridized carbons (Fsp3) is 0.235. The first-order chi connectivity index (χ1) is 12.6. The van der Waals surface area contributed by atoms with Crippen molar-refractivity contribution < 1.29 is 22.9 Å². The quantitative estimate of drug-likeness (QED) is 0.569. The van der Waals surface area contributed by atoms with Gasteiger partial charge in [-0.05, 0) is 30.7 Å². The van der Waals surface area contributed by atoms with Crippen LogP contribution in [-0.4, -0.2) is 44.3 Å². The van der Waals surface area contributed by atoms with E-state index in [0.717, 1.165) is 9.87 Å². The molecule has 0 bridgehead atoms. The number of carbonyl (C=O) groups excluding carboxylic acids is 1. The zero-order valence-corrected chi connectivity index (χ0v) is 15.8. The standard InChI is InChI=1S/C17H19N3O6S/c1-12-7-8-15(26-3)16(9-12)27(24,25)19(2)11-17(21)18-13-5-4-6-14(10-13)20(22)23/h4-10H,11H2,1-3H3,(H,18,21). The Morgan fingerprint density at radius 1 is 1.26 bits per heavy atom. The fourth-order valence-electron chi connectivity index (χ4n) is 2.34. The van der Waals surface area contributed by atoms with Crippen molar-refractivity contribution in [3.63, 3.8) is 0 Å². The Morgan fingerprint density at radius 2 is 1.96 bits per heavy atom. The zero-order valence-electron chi connectivity index (χ0n) is 15.0. The SMILES string of the molecule is COc1ccc(C)cc1S(=O)(=O)N(C)CC(=O)Nc1cccc([N+](=O)[O-])c1. The molecule has 1 N–H and O–H groups in total. The lowest BCUT2D eigenvalue weighted by atomic mass is 10.2. The molecule has 2 aromatic carbocycles. The molecule has 0 saturated carbocycles. The number of nitro groups is 1. The fourth-order valence-corrected chi connectivity index (χ4v) is 3.70. The molecule has 0 heterocycles. The van der Waals surface area contributed by atoms with Crippen LogP contribution in [0.4, 0.5) is 11.4 Å². The van der Waals surface area contributed by atoms with Gasteiger partial charge in [0.05, 0.1) is 18.6 Å². The van der Waals surface area contributed by atoms with Crippen molar-refractivity contribution in [1.29, 1.82) is 0 Å². The molecule has 0 aliphatic rings. The number of methoxy groups -OCH3 is 1. The number of aryl methyl sites for hydroxylation is 1. The number of sulfonamides is 1. The predicted octanol–water partition coefficient (Wildman–Crippen LogP) is 2.17. The molecule has 0 aromatic heterocycles. The van der Waals surface area contributed by atoms with E-state index in [1.54, 1.807) is 19.1 Å². The highest BCUT2D eigenvalue weighted by Crippen LogP contribution is 2.27. The van der Waals surface area contributed by atoms with Gasteiger partial charge in [0.2, 0.25) is 15.9 Å². The molecule has 0 fully saturated rings. The van der Waals surface area contributed by atoms with Crippen molar-refractivity contribution in [3.05, 3.63) is 58.1 Å². The molecule has 0 aliphatic carbocycles. The molecule has 0 unspecified atom stereocenters. The van der Waals surface area contributed by atoms with Crippen molar-refractivity contribution >= 4 is 27.3 Å². The Bertz CT molecular complexity index is 974. The van der Waals surface area contributed by atoms with E-state index >= 15 is 0 Å². The number of hydrogen-bond acceptors (Lipinski definition) is 6. The number of likely N-dealkylation sites (N-methyl/N-ethyl adjacent to an activating group) is 1. The van der Waals surface area contributed by atoms with Gasteiger partial charge in [-0.25, -0.2) is 8.42 Å². The van der Waals surface area contributed by atoms with E-state index in [-0.39, 0.29) is 22.0 Å². The third kappa shape index (κ3) is 4.80. The number of non-ortho nitro benzene ring substituents is 1. The third-order valence-corrected chi connectivity index (χ3v) is 5.54. The van der Waals surface area contributed by atoms with Crippen LogP contribution in [0.15, 0.2) is 47.4 Å². The maximum atomic E-state index is 12.8. The van der Waals surface area contributed by atoms with E-state index in [2.05, 4.69) is 5.32 Å². The van der Waals surface area contributed by atoms with Crippen LogP contribution in [0.5, 0.6) is 5.75 Å². The molecule has 2 rings (SSSR count). The second-order valence-corrected chi connectivity index (χ2v) is 7.78. The van der Waals surface area contributed by atoms with E-state index in [9.17, 15) is 23.3 Å². The number of benzene rings is 2. The molecule has 1 amide bonds. The minimum absolute atomic E-state index is 0.0457. The van der Waals surface area contributed by atoms with Gasteiger partial charge >= 0.3 is 0 Å². The molecule has 0 spiro atoms. The smallest absolute Gasteiger partial charge is 0.271 e. The van der Waals surface area contributed by atoms with Gasteiger partial charge in [-0.15, -0.1) is 0 Å². The summed E-state index contributed by atoms with van der Waals surface area (Å²) in [5, 5.41) is 13.2. The lowest BCUT2D eigenvalue weighted by Crippen LogP contribution is -2.35. The highest BCUT2D eigenvalue weighted by atomic mass is 32.2. The maximum Gasteiger partial charge on any atom is 0.271 e. The van der Waals surface area contributed by atoms with Crippen LogP contribution < -0.4 is 10.1 Å². The molecule has 27 heavy (non-hydrogen) atoms. The highest BCUT2D eigenvalue weighted by molar-refractivity contribution is 7.89. The molecule has 0 radical (unpaired) electrons. The first-order valence-corrected chi connectivity index (χ1v) is 9.24. The van der Waals surface area contributed by atoms with Crippen molar-refractivity contribution in [2.45, 2.75) is 11.8 Å². The molecule has 9 nitrogen and oxygen atoms in total. The van der Waals surface area contributed by atoms with Crippen molar-refractivity contribution in [3.8, 4) is 5.75 Å². The Balaban J connectivity index is 2.17. The number of ether oxygens (including phenoxy) is 1. The lowest BCUT2D eigenvalue weighted by molar-refractivity contribution is -0.384. The van der Waals surface area contributed by atoms with Gasteiger partial charge in [0.1, 0.15) is 10.6 Å². The molecular weight excluding hydrogens is 374 g/mol. The van der Waals surface area contributed by atoms with Crippen LogP contribution in [0.25, 0.3) is 0 Å². The number of anilines is 1. The van der Waals surface area contributed by atoms with Gasteiger partial charge in [-0.2, -0.15) is 4.31 Å². The van der Waals surface area contributed by atoms with Crippen LogP contribution in [-0.2, 0) is 14.8 Å². The summed E-state index contributed by atoms with van der Waals surface area (Å²) in [4.78, 5) is 22.3. The van der Waals surface area contributed by atoms with Gasteiger partial charge in [0.15, 0.2) is 0 Å². The number of nitro benzene ring substituents is 1. The van der Waals surface area contributed by atoms with Crippen LogP contribution >= 0.6 is 0 Å². The number of hydrogen-bond donors (Lipinski definition) is 1. The van der Waals surface area contributed by atoms with Crippen molar-refractivity contribution in [1.82, 2.24) is 4.31 Å². The van der Waals surface area contributed by atoms with Crippen LogP contribution in [0.1, 0.15) is 5.56 Å². The molecule has 144 valence electrons. The van der Waals surface area contributed by atoms with Crippen molar-refractivity contribution in [2.75, 3.05) is 26.0 Å². The molecular formula is C17H19N3O6S. The van der Waals surface area contributed by atoms with E-state index in [0.29, 0.717) is 0 Å². The highest BCUT2D eigenvalue weighted by Gasteiger charge is 2.26. The molecule has 0 aliphatic heterocycles. The van der Waals surface area contributed by atoms with Crippen LogP contribution in [0.3, 0.4) is 0 Å². The van der Waals surface area contributed by atoms with E-state index < -0.39 is 27.4 Å². The van der Waals surface area contributed by atoms with E-state index in [4.69, 9.17) is 4.74 Å². The number of carbonyl (C=O) groups is 1. The number of rotatable bonds is 7. The Morgan fingerprint density at radius 3 is 2.59 bits per heavy atom. The lowest BCUT2D eigenvalue weighted by Gasteiger charge is -2.19. The summed E-state index contributed by atoms with van der Waals surface area (Å²) in [5.41, 5.74) is 0.746. The summed E-state index contributed by atoms with van der Waals surface area (Å²) in [6.07, 6.45) is 0. The monoisotopic (exact) mass is 393 g/mol. The normalized spacial score (nSPS) is 11.3. The predicted molar refractivity (Wildman–Crippen MR) is 99.3 cm³/mol. The first-order valence-electron chi connectivity index (χ1n) is 7.80. The molecule has 0 saturated heterocycles. The molecule has 10 heteroatoms. The van der Waals surface area contributed by atoms with Crippen molar-refractivity contribution in [2.24, 2.45) is 0 Å². The number of amides is 1. The van der Waals surface area contributed by atoms with Crippen LogP contribution in [0, 0.1) is 17.0 Å². The van der Waals surface area contributed by atoms with Gasteiger partial charge < -0.3 is 10.1 Å². The summed E-state index contributed by atoms with van der Waals surface area (Å²) in [7, 11) is -1.35. The number of nitrogens with zero attached hydrogens (tertiary/aromatic N) is 2. The van der Waals surface area contributed by atoms with E-state index in [1.165, 1.54) is 44.5 Å². The summed E-state index contributed by atoms with van der Waals surface area (Å²) in [5.74, 6) is -0.459. The zero-order chi connectivity index (χ0) is 20.2. The van der Waals surface area contributed by atoms with Gasteiger partial charge in [0, 0.05) is 24.9 Å². The second-order valence-electron chi connectivity index (χ2n) is 5.77. The Hall–Kier alpha value is -2.98. The van der Waals surface area contributed by atoms with Crippen LogP contribution in [0.2, 0.25) is 0 Å². The Labute approximate surface area is 156 Å². The minimum Gasteiger partial charge on any atom is -0.495 e. The Kier molecular flexibility index (Phi) is 6.13. The first kappa shape index (κ1) is 20.3. The summed E-state index contributed by atoms with van der Waals surface area (Å²) < 4.78 is 31.5. The van der Waals surface area contributed by atoms with Gasteiger partial charge in [-0.3, -0.25) is 14.9 Å². The molecule has 2 aromatic rings. The summed E-state index contributed by atoms with van der Waals surface area (Å²) in [6, 6.07) is 10.1. The third-order valence-electron chi connectivity index (χ3n) is 3.71.